The van der Waals surface area contributed by atoms with Gasteiger partial charge in [0, 0.05) is 29.0 Å². The van der Waals surface area contributed by atoms with Gasteiger partial charge in [0.05, 0.1) is 12.0 Å². The highest BCUT2D eigenvalue weighted by Crippen LogP contribution is 2.23. The summed E-state index contributed by atoms with van der Waals surface area (Å²) in [6.07, 6.45) is 5.33. The number of nitrogens with zero attached hydrogens (tertiary/aromatic N) is 2. The van der Waals surface area contributed by atoms with Crippen LogP contribution in [0.15, 0.2) is 64.9 Å². The Morgan fingerprint density at radius 1 is 1.22 bits per heavy atom. The van der Waals surface area contributed by atoms with Gasteiger partial charge in [-0.25, -0.2) is 4.98 Å². The number of imidazole rings is 1. The van der Waals surface area contributed by atoms with Crippen molar-refractivity contribution in [3.8, 4) is 11.3 Å². The SMILES string of the molecule is CC(NC(=O)c1ccco1)C(=O)Nc1ccc(-c2cn3ccsc3n2)cc1. The second-order valence-corrected chi connectivity index (χ2v) is 6.83. The Balaban J connectivity index is 1.39. The maximum Gasteiger partial charge on any atom is 0.287 e. The summed E-state index contributed by atoms with van der Waals surface area (Å²) in [6, 6.07) is 9.86. The summed E-state index contributed by atoms with van der Waals surface area (Å²) >= 11 is 1.57. The van der Waals surface area contributed by atoms with E-state index in [9.17, 15) is 9.59 Å². The number of amides is 2. The van der Waals surface area contributed by atoms with Crippen LogP contribution in [0.1, 0.15) is 17.5 Å². The average molecular weight is 380 g/mol. The van der Waals surface area contributed by atoms with Crippen molar-refractivity contribution in [2.24, 2.45) is 0 Å². The van der Waals surface area contributed by atoms with E-state index in [0.29, 0.717) is 5.69 Å². The predicted octanol–water partition coefficient (Wildman–Crippen LogP) is 3.41. The fourth-order valence-corrected chi connectivity index (χ4v) is 3.28. The second kappa shape index (κ2) is 7.08. The lowest BCUT2D eigenvalue weighted by Gasteiger charge is -2.13. The molecule has 2 N–H and O–H groups in total. The molecule has 1 aromatic carbocycles. The molecule has 0 aliphatic carbocycles. The number of hydrogen-bond donors (Lipinski definition) is 2. The van der Waals surface area contributed by atoms with Crippen LogP contribution >= 0.6 is 11.3 Å². The third-order valence-electron chi connectivity index (χ3n) is 4.03. The van der Waals surface area contributed by atoms with Crippen LogP contribution in [0.3, 0.4) is 0 Å². The van der Waals surface area contributed by atoms with Gasteiger partial charge >= 0.3 is 0 Å². The Kier molecular flexibility index (Phi) is 4.47. The molecule has 4 rings (SSSR count). The molecular weight excluding hydrogens is 364 g/mol. The van der Waals surface area contributed by atoms with Gasteiger partial charge in [0.1, 0.15) is 6.04 Å². The highest BCUT2D eigenvalue weighted by atomic mass is 32.1. The van der Waals surface area contributed by atoms with Crippen LogP contribution in [-0.2, 0) is 4.79 Å². The molecule has 8 heteroatoms. The molecule has 0 saturated carbocycles. The van der Waals surface area contributed by atoms with Crippen molar-refractivity contribution in [3.63, 3.8) is 0 Å². The quantitative estimate of drug-likeness (QED) is 0.555. The van der Waals surface area contributed by atoms with Crippen molar-refractivity contribution in [1.29, 1.82) is 0 Å². The Hall–Kier alpha value is -3.39. The first kappa shape index (κ1) is 17.0. The first-order valence-corrected chi connectivity index (χ1v) is 9.16. The summed E-state index contributed by atoms with van der Waals surface area (Å²) in [7, 11) is 0. The van der Waals surface area contributed by atoms with E-state index in [-0.39, 0.29) is 11.7 Å². The molecule has 0 radical (unpaired) electrons. The molecule has 0 aliphatic rings. The minimum Gasteiger partial charge on any atom is -0.459 e. The molecule has 1 unspecified atom stereocenters. The molecule has 0 bridgehead atoms. The van der Waals surface area contributed by atoms with Crippen molar-refractivity contribution in [1.82, 2.24) is 14.7 Å². The van der Waals surface area contributed by atoms with E-state index < -0.39 is 11.9 Å². The van der Waals surface area contributed by atoms with Crippen LogP contribution in [0.2, 0.25) is 0 Å². The van der Waals surface area contributed by atoms with Crippen molar-refractivity contribution in [3.05, 3.63) is 66.2 Å². The first-order chi connectivity index (χ1) is 13.1. The van der Waals surface area contributed by atoms with Gasteiger partial charge in [0.2, 0.25) is 5.91 Å². The van der Waals surface area contributed by atoms with Crippen LogP contribution in [-0.4, -0.2) is 27.2 Å². The number of carbonyl (C=O) groups excluding carboxylic acids is 2. The molecule has 0 saturated heterocycles. The molecule has 0 aliphatic heterocycles. The van der Waals surface area contributed by atoms with Gasteiger partial charge in [-0.2, -0.15) is 0 Å². The zero-order chi connectivity index (χ0) is 18.8. The number of carbonyl (C=O) groups is 2. The minimum absolute atomic E-state index is 0.166. The molecule has 1 atom stereocenters. The zero-order valence-electron chi connectivity index (χ0n) is 14.4. The Labute approximate surface area is 158 Å². The summed E-state index contributed by atoms with van der Waals surface area (Å²) in [5.41, 5.74) is 2.48. The molecule has 2 amide bonds. The van der Waals surface area contributed by atoms with Gasteiger partial charge in [-0.05, 0) is 31.2 Å². The van der Waals surface area contributed by atoms with Crippen molar-refractivity contribution in [2.45, 2.75) is 13.0 Å². The largest absolute Gasteiger partial charge is 0.459 e. The number of rotatable bonds is 5. The zero-order valence-corrected chi connectivity index (χ0v) is 15.2. The van der Waals surface area contributed by atoms with Crippen LogP contribution < -0.4 is 10.6 Å². The van der Waals surface area contributed by atoms with Gasteiger partial charge in [-0.3, -0.25) is 14.0 Å². The molecule has 27 heavy (non-hydrogen) atoms. The standard InChI is InChI=1S/C19H16N4O3S/c1-12(20-18(25)16-3-2-9-26-16)17(24)21-14-6-4-13(5-7-14)15-11-23-8-10-27-19(23)22-15/h2-12H,1H3,(H,20,25)(H,21,24). The summed E-state index contributed by atoms with van der Waals surface area (Å²) in [4.78, 5) is 29.7. The maximum absolute atomic E-state index is 12.3. The van der Waals surface area contributed by atoms with E-state index in [1.54, 1.807) is 30.4 Å². The lowest BCUT2D eigenvalue weighted by Crippen LogP contribution is -2.41. The van der Waals surface area contributed by atoms with E-state index in [4.69, 9.17) is 4.42 Å². The number of anilines is 1. The smallest absolute Gasteiger partial charge is 0.287 e. The Bertz CT molecular complexity index is 1050. The normalized spacial score (nSPS) is 12.0. The van der Waals surface area contributed by atoms with E-state index in [0.717, 1.165) is 16.2 Å². The summed E-state index contributed by atoms with van der Waals surface area (Å²) in [6.45, 7) is 1.61. The van der Waals surface area contributed by atoms with Gasteiger partial charge < -0.3 is 15.1 Å². The minimum atomic E-state index is -0.706. The Morgan fingerprint density at radius 2 is 2.04 bits per heavy atom. The number of benzene rings is 1. The molecule has 3 aromatic heterocycles. The van der Waals surface area contributed by atoms with Crippen molar-refractivity contribution >= 4 is 33.8 Å². The molecule has 0 fully saturated rings. The lowest BCUT2D eigenvalue weighted by atomic mass is 10.1. The van der Waals surface area contributed by atoms with Crippen LogP contribution in [0.4, 0.5) is 5.69 Å². The Morgan fingerprint density at radius 3 is 2.74 bits per heavy atom. The fraction of sp³-hybridized carbons (Fsp3) is 0.105. The van der Waals surface area contributed by atoms with Gasteiger partial charge in [0.25, 0.3) is 5.91 Å². The van der Waals surface area contributed by atoms with E-state index >= 15 is 0 Å². The third kappa shape index (κ3) is 3.61. The third-order valence-corrected chi connectivity index (χ3v) is 4.80. The topological polar surface area (TPSA) is 88.6 Å². The van der Waals surface area contributed by atoms with Gasteiger partial charge in [-0.15, -0.1) is 11.3 Å². The average Bonchev–Trinajstić information content (AvgIpc) is 3.39. The number of fused-ring (bicyclic) bond motifs is 1. The highest BCUT2D eigenvalue weighted by Gasteiger charge is 2.18. The first-order valence-electron chi connectivity index (χ1n) is 8.28. The summed E-state index contributed by atoms with van der Waals surface area (Å²) in [5, 5.41) is 7.36. The summed E-state index contributed by atoms with van der Waals surface area (Å²) in [5.74, 6) is -0.582. The summed E-state index contributed by atoms with van der Waals surface area (Å²) < 4.78 is 6.99. The monoisotopic (exact) mass is 380 g/mol. The van der Waals surface area contributed by atoms with Gasteiger partial charge in [0.15, 0.2) is 10.7 Å². The van der Waals surface area contributed by atoms with Crippen LogP contribution in [0, 0.1) is 0 Å². The molecular formula is C19H16N4O3S. The van der Waals surface area contributed by atoms with E-state index in [2.05, 4.69) is 15.6 Å². The molecule has 7 nitrogen and oxygen atoms in total. The maximum atomic E-state index is 12.3. The van der Waals surface area contributed by atoms with Crippen molar-refractivity contribution in [2.75, 3.05) is 5.32 Å². The highest BCUT2D eigenvalue weighted by molar-refractivity contribution is 7.15. The number of nitrogens with one attached hydrogen (secondary N) is 2. The number of thiazole rings is 1. The molecule has 0 spiro atoms. The van der Waals surface area contributed by atoms with Crippen LogP contribution in [0.25, 0.3) is 16.2 Å². The lowest BCUT2D eigenvalue weighted by molar-refractivity contribution is -0.117. The molecule has 3 heterocycles. The predicted molar refractivity (Wildman–Crippen MR) is 103 cm³/mol. The molecule has 136 valence electrons. The number of aromatic nitrogens is 2. The van der Waals surface area contributed by atoms with E-state index in [1.165, 1.54) is 6.26 Å². The number of furan rings is 1. The second-order valence-electron chi connectivity index (χ2n) is 5.96. The van der Waals surface area contributed by atoms with Crippen molar-refractivity contribution < 1.29 is 14.0 Å². The molecule has 4 aromatic rings. The van der Waals surface area contributed by atoms with Gasteiger partial charge in [-0.1, -0.05) is 12.1 Å². The number of hydrogen-bond acceptors (Lipinski definition) is 5. The van der Waals surface area contributed by atoms with Crippen LogP contribution in [0.5, 0.6) is 0 Å². The fourth-order valence-electron chi connectivity index (χ4n) is 2.58. The van der Waals surface area contributed by atoms with E-state index in [1.807, 2.05) is 46.4 Å².